The number of carbonyl (C=O) groups excluding carboxylic acids is 1. The number of nitrogens with one attached hydrogen (secondary N) is 1. The van der Waals surface area contributed by atoms with Crippen molar-refractivity contribution in [2.24, 2.45) is 0 Å². The van der Waals surface area contributed by atoms with Crippen LogP contribution in [0.25, 0.3) is 0 Å². The predicted octanol–water partition coefficient (Wildman–Crippen LogP) is 2.08. The number of anilines is 2. The van der Waals surface area contributed by atoms with E-state index in [1.165, 1.54) is 0 Å². The molecule has 1 atom stereocenters. The lowest BCUT2D eigenvalue weighted by Crippen LogP contribution is -2.27. The summed E-state index contributed by atoms with van der Waals surface area (Å²) >= 11 is 0. The molecule has 1 amide bonds. The molecule has 3 nitrogen and oxygen atoms in total. The quantitative estimate of drug-likeness (QED) is 0.695. The Morgan fingerprint density at radius 1 is 1.47 bits per heavy atom. The van der Waals surface area contributed by atoms with E-state index < -0.39 is 0 Å². The SMILES string of the molecule is CC1C(=O)N2CC=CNc3cccc1c32. The highest BCUT2D eigenvalue weighted by atomic mass is 16.2. The lowest BCUT2D eigenvalue weighted by atomic mass is 10.0. The third kappa shape index (κ3) is 1.03. The van der Waals surface area contributed by atoms with Gasteiger partial charge in [-0.3, -0.25) is 4.79 Å². The lowest BCUT2D eigenvalue weighted by Gasteiger charge is -2.15. The third-order valence-electron chi connectivity index (χ3n) is 3.08. The molecule has 0 saturated heterocycles. The summed E-state index contributed by atoms with van der Waals surface area (Å²) < 4.78 is 0. The first kappa shape index (κ1) is 8.53. The van der Waals surface area contributed by atoms with E-state index in [1.807, 2.05) is 42.3 Å². The summed E-state index contributed by atoms with van der Waals surface area (Å²) in [6.07, 6.45) is 3.87. The molecule has 1 N–H and O–H groups in total. The van der Waals surface area contributed by atoms with Gasteiger partial charge in [0.25, 0.3) is 0 Å². The summed E-state index contributed by atoms with van der Waals surface area (Å²) in [5, 5.41) is 3.20. The van der Waals surface area contributed by atoms with E-state index in [9.17, 15) is 4.79 Å². The van der Waals surface area contributed by atoms with Crippen LogP contribution in [0.5, 0.6) is 0 Å². The van der Waals surface area contributed by atoms with E-state index in [1.54, 1.807) is 0 Å². The molecule has 0 aliphatic carbocycles. The Morgan fingerprint density at radius 2 is 2.33 bits per heavy atom. The van der Waals surface area contributed by atoms with Gasteiger partial charge in [0.05, 0.1) is 17.3 Å². The Hall–Kier alpha value is -1.77. The van der Waals surface area contributed by atoms with Gasteiger partial charge in [-0.15, -0.1) is 0 Å². The molecule has 2 aliphatic heterocycles. The number of amides is 1. The first-order valence-corrected chi connectivity index (χ1v) is 5.15. The molecule has 3 rings (SSSR count). The number of rotatable bonds is 0. The van der Waals surface area contributed by atoms with Crippen LogP contribution in [0.4, 0.5) is 11.4 Å². The van der Waals surface area contributed by atoms with Crippen LogP contribution in [0.15, 0.2) is 30.5 Å². The maximum Gasteiger partial charge on any atom is 0.234 e. The van der Waals surface area contributed by atoms with Crippen LogP contribution in [0.3, 0.4) is 0 Å². The van der Waals surface area contributed by atoms with Crippen LogP contribution in [-0.4, -0.2) is 12.5 Å². The molecular weight excluding hydrogens is 188 g/mol. The van der Waals surface area contributed by atoms with Crippen molar-refractivity contribution >= 4 is 17.3 Å². The molecule has 1 aromatic rings. The second-order valence-electron chi connectivity index (χ2n) is 3.96. The summed E-state index contributed by atoms with van der Waals surface area (Å²) in [4.78, 5) is 13.8. The van der Waals surface area contributed by atoms with Crippen LogP contribution in [0.1, 0.15) is 18.4 Å². The highest BCUT2D eigenvalue weighted by molar-refractivity contribution is 6.08. The maximum absolute atomic E-state index is 12.0. The number of hydrogen-bond donors (Lipinski definition) is 1. The average Bonchev–Trinajstić information content (AvgIpc) is 2.45. The van der Waals surface area contributed by atoms with Crippen molar-refractivity contribution < 1.29 is 4.79 Å². The Kier molecular flexibility index (Phi) is 1.63. The summed E-state index contributed by atoms with van der Waals surface area (Å²) in [5.74, 6) is 0.194. The zero-order valence-electron chi connectivity index (χ0n) is 8.53. The Bertz CT molecular complexity index is 465. The largest absolute Gasteiger partial charge is 0.360 e. The van der Waals surface area contributed by atoms with Crippen LogP contribution >= 0.6 is 0 Å². The van der Waals surface area contributed by atoms with E-state index in [-0.39, 0.29) is 11.8 Å². The van der Waals surface area contributed by atoms with E-state index in [0.717, 1.165) is 16.9 Å². The highest BCUT2D eigenvalue weighted by Crippen LogP contribution is 2.42. The van der Waals surface area contributed by atoms with Gasteiger partial charge in [0, 0.05) is 6.54 Å². The monoisotopic (exact) mass is 200 g/mol. The van der Waals surface area contributed by atoms with Crippen LogP contribution in [0, 0.1) is 0 Å². The zero-order valence-corrected chi connectivity index (χ0v) is 8.53. The average molecular weight is 200 g/mol. The molecule has 76 valence electrons. The molecule has 2 heterocycles. The smallest absolute Gasteiger partial charge is 0.234 e. The van der Waals surface area contributed by atoms with E-state index >= 15 is 0 Å². The first-order valence-electron chi connectivity index (χ1n) is 5.15. The highest BCUT2D eigenvalue weighted by Gasteiger charge is 2.35. The van der Waals surface area contributed by atoms with E-state index in [4.69, 9.17) is 0 Å². The van der Waals surface area contributed by atoms with Gasteiger partial charge in [0.15, 0.2) is 0 Å². The van der Waals surface area contributed by atoms with Gasteiger partial charge in [-0.2, -0.15) is 0 Å². The standard InChI is InChI=1S/C12H12N2O/c1-8-9-4-2-5-10-11(9)14(12(8)15)7-3-6-13-10/h2-6,8,13H,7H2,1H3. The lowest BCUT2D eigenvalue weighted by molar-refractivity contribution is -0.118. The van der Waals surface area contributed by atoms with Gasteiger partial charge in [-0.1, -0.05) is 12.1 Å². The summed E-state index contributed by atoms with van der Waals surface area (Å²) in [7, 11) is 0. The molecule has 1 aromatic carbocycles. The zero-order chi connectivity index (χ0) is 10.4. The minimum Gasteiger partial charge on any atom is -0.360 e. The fraction of sp³-hybridized carbons (Fsp3) is 0.250. The molecule has 1 unspecified atom stereocenters. The van der Waals surface area contributed by atoms with Crippen molar-refractivity contribution in [2.45, 2.75) is 12.8 Å². The first-order chi connectivity index (χ1) is 7.29. The Morgan fingerprint density at radius 3 is 3.20 bits per heavy atom. The fourth-order valence-electron chi connectivity index (χ4n) is 2.29. The van der Waals surface area contributed by atoms with Crippen LogP contribution in [-0.2, 0) is 4.79 Å². The second-order valence-corrected chi connectivity index (χ2v) is 3.96. The number of para-hydroxylation sites is 1. The van der Waals surface area contributed by atoms with Crippen molar-refractivity contribution in [3.05, 3.63) is 36.0 Å². The summed E-state index contributed by atoms with van der Waals surface area (Å²) in [5.41, 5.74) is 3.22. The van der Waals surface area contributed by atoms with Crippen LogP contribution in [0.2, 0.25) is 0 Å². The second kappa shape index (κ2) is 2.86. The minimum atomic E-state index is -0.00625. The van der Waals surface area contributed by atoms with Gasteiger partial charge < -0.3 is 10.2 Å². The molecular formula is C12H12N2O. The summed E-state index contributed by atoms with van der Waals surface area (Å²) in [6, 6.07) is 6.04. The Labute approximate surface area is 88.4 Å². The Balaban J connectivity index is 2.26. The van der Waals surface area contributed by atoms with E-state index in [2.05, 4.69) is 5.32 Å². The number of benzene rings is 1. The normalized spacial score (nSPS) is 22.3. The molecule has 0 saturated carbocycles. The van der Waals surface area contributed by atoms with Crippen molar-refractivity contribution in [1.82, 2.24) is 0 Å². The molecule has 3 heteroatoms. The van der Waals surface area contributed by atoms with Crippen molar-refractivity contribution in [1.29, 1.82) is 0 Å². The predicted molar refractivity (Wildman–Crippen MR) is 60.0 cm³/mol. The summed E-state index contributed by atoms with van der Waals surface area (Å²) in [6.45, 7) is 2.64. The topological polar surface area (TPSA) is 32.3 Å². The van der Waals surface area contributed by atoms with Crippen molar-refractivity contribution in [3.8, 4) is 0 Å². The molecule has 0 spiro atoms. The molecule has 0 aromatic heterocycles. The third-order valence-corrected chi connectivity index (χ3v) is 3.08. The molecule has 15 heavy (non-hydrogen) atoms. The molecule has 2 aliphatic rings. The fourth-order valence-corrected chi connectivity index (χ4v) is 2.29. The number of nitrogens with zero attached hydrogens (tertiary/aromatic N) is 1. The molecule has 0 fully saturated rings. The van der Waals surface area contributed by atoms with Gasteiger partial charge in [-0.05, 0) is 30.8 Å². The number of hydrogen-bond acceptors (Lipinski definition) is 2. The van der Waals surface area contributed by atoms with Crippen molar-refractivity contribution in [2.75, 3.05) is 16.8 Å². The van der Waals surface area contributed by atoms with Gasteiger partial charge in [0.1, 0.15) is 0 Å². The molecule has 0 bridgehead atoms. The van der Waals surface area contributed by atoms with Gasteiger partial charge >= 0.3 is 0 Å². The maximum atomic E-state index is 12.0. The van der Waals surface area contributed by atoms with Crippen LogP contribution < -0.4 is 10.2 Å². The molecule has 0 radical (unpaired) electrons. The number of carbonyl (C=O) groups is 1. The van der Waals surface area contributed by atoms with Crippen molar-refractivity contribution in [3.63, 3.8) is 0 Å². The van der Waals surface area contributed by atoms with Gasteiger partial charge in [-0.25, -0.2) is 0 Å². The van der Waals surface area contributed by atoms with E-state index in [0.29, 0.717) is 6.54 Å². The van der Waals surface area contributed by atoms with Gasteiger partial charge in [0.2, 0.25) is 5.91 Å². The minimum absolute atomic E-state index is 0.00625.